The zero-order valence-corrected chi connectivity index (χ0v) is 24.5. The number of halogens is 2. The Kier molecular flexibility index (Phi) is 11.0. The zero-order chi connectivity index (χ0) is 29.2. The number of amides is 3. The minimum absolute atomic E-state index is 0.0553. The molecular formula is C31H34Cl2N4O4. The number of carbonyl (C=O) groups is 3. The SMILES string of the molecule is CN(C(=O)Cc1ccc(Cl)c(Cl)c1)[C@H](CN1CCCC1)c1cccc(NC(=O)CNC(=O)OCc2ccccc2)c1. The molecule has 0 bridgehead atoms. The van der Waals surface area contributed by atoms with Crippen LogP contribution in [0.2, 0.25) is 10.0 Å². The number of hydrogen-bond acceptors (Lipinski definition) is 5. The average Bonchev–Trinajstić information content (AvgIpc) is 3.49. The standard InChI is InChI=1S/C31H34Cl2N4O4/c1-36(30(39)17-23-12-13-26(32)27(33)16-23)28(20-37-14-5-6-15-37)24-10-7-11-25(18-24)35-29(38)19-34-31(40)41-21-22-8-3-2-4-9-22/h2-4,7-13,16,18,28H,5-6,14-15,17,19-21H2,1H3,(H,34,40)(H,35,38)/t28-/m1/s1. The maximum Gasteiger partial charge on any atom is 0.407 e. The van der Waals surface area contributed by atoms with Crippen LogP contribution in [0, 0.1) is 0 Å². The second-order valence-electron chi connectivity index (χ2n) is 10.0. The number of benzene rings is 3. The van der Waals surface area contributed by atoms with Crippen molar-refractivity contribution in [2.75, 3.05) is 38.5 Å². The van der Waals surface area contributed by atoms with Crippen molar-refractivity contribution < 1.29 is 19.1 Å². The van der Waals surface area contributed by atoms with Gasteiger partial charge in [0.05, 0.1) is 22.5 Å². The van der Waals surface area contributed by atoms with E-state index in [9.17, 15) is 14.4 Å². The van der Waals surface area contributed by atoms with Gasteiger partial charge in [0.25, 0.3) is 0 Å². The molecule has 2 N–H and O–H groups in total. The summed E-state index contributed by atoms with van der Waals surface area (Å²) in [6, 6.07) is 21.7. The fraction of sp³-hybridized carbons (Fsp3) is 0.323. The van der Waals surface area contributed by atoms with E-state index in [-0.39, 0.29) is 37.4 Å². The van der Waals surface area contributed by atoms with Crippen LogP contribution in [0.3, 0.4) is 0 Å². The lowest BCUT2D eigenvalue weighted by Crippen LogP contribution is -2.39. The van der Waals surface area contributed by atoms with Gasteiger partial charge in [-0.05, 0) is 66.9 Å². The summed E-state index contributed by atoms with van der Waals surface area (Å²) in [6.45, 7) is 2.51. The Labute approximate surface area is 250 Å². The molecule has 3 aromatic carbocycles. The second kappa shape index (κ2) is 14.9. The molecule has 3 amide bonds. The number of alkyl carbamates (subject to hydrolysis) is 1. The topological polar surface area (TPSA) is 91.0 Å². The van der Waals surface area contributed by atoms with Gasteiger partial charge in [-0.2, -0.15) is 0 Å². The van der Waals surface area contributed by atoms with Crippen LogP contribution in [0.1, 0.15) is 35.6 Å². The van der Waals surface area contributed by atoms with Crippen molar-refractivity contribution in [1.29, 1.82) is 0 Å². The summed E-state index contributed by atoms with van der Waals surface area (Å²) < 4.78 is 5.16. The number of likely N-dealkylation sites (N-methyl/N-ethyl adjacent to an activating group) is 1. The summed E-state index contributed by atoms with van der Waals surface area (Å²) in [4.78, 5) is 42.1. The first-order valence-electron chi connectivity index (χ1n) is 13.5. The molecule has 10 heteroatoms. The van der Waals surface area contributed by atoms with Crippen molar-refractivity contribution in [1.82, 2.24) is 15.1 Å². The molecular weight excluding hydrogens is 563 g/mol. The highest BCUT2D eigenvalue weighted by molar-refractivity contribution is 6.42. The summed E-state index contributed by atoms with van der Waals surface area (Å²) in [7, 11) is 1.80. The number of nitrogens with one attached hydrogen (secondary N) is 2. The number of hydrogen-bond donors (Lipinski definition) is 2. The van der Waals surface area contributed by atoms with Crippen molar-refractivity contribution in [2.45, 2.75) is 31.9 Å². The number of nitrogens with zero attached hydrogens (tertiary/aromatic N) is 2. The maximum atomic E-state index is 13.4. The molecule has 1 fully saturated rings. The fourth-order valence-electron chi connectivity index (χ4n) is 4.74. The lowest BCUT2D eigenvalue weighted by molar-refractivity contribution is -0.131. The van der Waals surface area contributed by atoms with Crippen LogP contribution in [0.25, 0.3) is 0 Å². The fourth-order valence-corrected chi connectivity index (χ4v) is 5.06. The molecule has 0 saturated carbocycles. The Morgan fingerprint density at radius 3 is 2.41 bits per heavy atom. The average molecular weight is 598 g/mol. The van der Waals surface area contributed by atoms with Gasteiger partial charge in [0.1, 0.15) is 13.2 Å². The Morgan fingerprint density at radius 2 is 1.68 bits per heavy atom. The van der Waals surface area contributed by atoms with E-state index in [1.54, 1.807) is 36.2 Å². The predicted molar refractivity (Wildman–Crippen MR) is 161 cm³/mol. The highest BCUT2D eigenvalue weighted by Gasteiger charge is 2.26. The van der Waals surface area contributed by atoms with Crippen LogP contribution in [0.15, 0.2) is 72.8 Å². The van der Waals surface area contributed by atoms with Crippen molar-refractivity contribution in [3.63, 3.8) is 0 Å². The Morgan fingerprint density at radius 1 is 0.927 bits per heavy atom. The first-order valence-corrected chi connectivity index (χ1v) is 14.3. The van der Waals surface area contributed by atoms with Crippen molar-refractivity contribution in [3.8, 4) is 0 Å². The minimum Gasteiger partial charge on any atom is -0.445 e. The minimum atomic E-state index is -0.675. The Hall–Kier alpha value is -3.59. The molecule has 1 aliphatic heterocycles. The van der Waals surface area contributed by atoms with Crippen LogP contribution >= 0.6 is 23.2 Å². The first-order chi connectivity index (χ1) is 19.8. The lowest BCUT2D eigenvalue weighted by Gasteiger charge is -2.32. The van der Waals surface area contributed by atoms with Gasteiger partial charge in [-0.25, -0.2) is 4.79 Å². The largest absolute Gasteiger partial charge is 0.445 e. The third-order valence-electron chi connectivity index (χ3n) is 6.99. The lowest BCUT2D eigenvalue weighted by atomic mass is 10.0. The number of rotatable bonds is 11. The summed E-state index contributed by atoms with van der Waals surface area (Å²) in [5, 5.41) is 6.16. The molecule has 1 saturated heterocycles. The molecule has 0 unspecified atom stereocenters. The first kappa shape index (κ1) is 30.4. The molecule has 0 aromatic heterocycles. The molecule has 3 aromatic rings. The van der Waals surface area contributed by atoms with Crippen molar-refractivity contribution >= 4 is 46.8 Å². The van der Waals surface area contributed by atoms with Gasteiger partial charge in [0.15, 0.2) is 0 Å². The summed E-state index contributed by atoms with van der Waals surface area (Å²) in [6.07, 6.45) is 1.77. The molecule has 1 atom stereocenters. The molecule has 4 rings (SSSR count). The third kappa shape index (κ3) is 9.21. The summed E-state index contributed by atoms with van der Waals surface area (Å²) in [5.74, 6) is -0.445. The molecule has 216 valence electrons. The van der Waals surface area contributed by atoms with E-state index >= 15 is 0 Å². The highest BCUT2D eigenvalue weighted by Crippen LogP contribution is 2.27. The van der Waals surface area contributed by atoms with E-state index in [1.165, 1.54) is 0 Å². The van der Waals surface area contributed by atoms with Crippen LogP contribution in [-0.4, -0.2) is 60.9 Å². The quantitative estimate of drug-likeness (QED) is 0.296. The van der Waals surface area contributed by atoms with E-state index in [4.69, 9.17) is 27.9 Å². The molecule has 0 aliphatic carbocycles. The molecule has 8 nitrogen and oxygen atoms in total. The third-order valence-corrected chi connectivity index (χ3v) is 7.73. The van der Waals surface area contributed by atoms with E-state index in [0.29, 0.717) is 22.3 Å². The van der Waals surface area contributed by atoms with Gasteiger partial charge in [0.2, 0.25) is 11.8 Å². The van der Waals surface area contributed by atoms with E-state index in [1.807, 2.05) is 48.5 Å². The van der Waals surface area contributed by atoms with Gasteiger partial charge in [0, 0.05) is 19.3 Å². The smallest absolute Gasteiger partial charge is 0.407 e. The Balaban J connectivity index is 1.38. The normalized spacial score (nSPS) is 13.8. The zero-order valence-electron chi connectivity index (χ0n) is 22.9. The van der Waals surface area contributed by atoms with Gasteiger partial charge < -0.3 is 25.2 Å². The van der Waals surface area contributed by atoms with Gasteiger partial charge in [-0.3, -0.25) is 9.59 Å². The van der Waals surface area contributed by atoms with Gasteiger partial charge in [-0.1, -0.05) is 71.7 Å². The Bertz CT molecular complexity index is 1350. The second-order valence-corrected chi connectivity index (χ2v) is 10.9. The highest BCUT2D eigenvalue weighted by atomic mass is 35.5. The van der Waals surface area contributed by atoms with E-state index in [2.05, 4.69) is 15.5 Å². The number of ether oxygens (including phenoxy) is 1. The van der Waals surface area contributed by atoms with Crippen LogP contribution in [0.5, 0.6) is 0 Å². The predicted octanol–water partition coefficient (Wildman–Crippen LogP) is 5.70. The molecule has 0 spiro atoms. The molecule has 1 aliphatic rings. The van der Waals surface area contributed by atoms with E-state index in [0.717, 1.165) is 42.6 Å². The number of likely N-dealkylation sites (tertiary alicyclic amines) is 1. The van der Waals surface area contributed by atoms with Crippen LogP contribution in [0.4, 0.5) is 10.5 Å². The number of anilines is 1. The van der Waals surface area contributed by atoms with Crippen molar-refractivity contribution in [2.24, 2.45) is 0 Å². The van der Waals surface area contributed by atoms with Gasteiger partial charge in [-0.15, -0.1) is 0 Å². The monoisotopic (exact) mass is 596 g/mol. The molecule has 1 heterocycles. The summed E-state index contributed by atoms with van der Waals surface area (Å²) >= 11 is 12.2. The van der Waals surface area contributed by atoms with Crippen LogP contribution < -0.4 is 10.6 Å². The summed E-state index contributed by atoms with van der Waals surface area (Å²) in [5.41, 5.74) is 3.11. The van der Waals surface area contributed by atoms with Crippen molar-refractivity contribution in [3.05, 3.63) is 99.5 Å². The van der Waals surface area contributed by atoms with E-state index < -0.39 is 6.09 Å². The molecule has 41 heavy (non-hydrogen) atoms. The van der Waals surface area contributed by atoms with Crippen LogP contribution in [-0.2, 0) is 27.4 Å². The molecule has 0 radical (unpaired) electrons. The van der Waals surface area contributed by atoms with Gasteiger partial charge >= 0.3 is 6.09 Å². The number of carbonyl (C=O) groups excluding carboxylic acids is 3. The maximum absolute atomic E-state index is 13.4.